The number of rotatable bonds is 6. The van der Waals surface area contributed by atoms with E-state index in [4.69, 9.17) is 0 Å². The molecule has 222 valence electrons. The summed E-state index contributed by atoms with van der Waals surface area (Å²) in [6, 6.07) is 1.10. The summed E-state index contributed by atoms with van der Waals surface area (Å²) < 4.78 is 45.7. The van der Waals surface area contributed by atoms with E-state index in [2.05, 4.69) is 27.7 Å². The standard InChI is InChI=1S/C29H43F3N6O2/c1-18-13-36(10-9-25(18)39)14-19-11-23(29(30,31)32)24-16-37(28(40)38(24)15-19)22-8-4-7-21(12-22)26(20-5-3-6-20)27-34-33-17-35(27)2/h11,15-16,18,20-22,25-27,33-34,39H,3-10,12-14,17H2,1-2H3/t18-,21?,22?,25-,26-,27?/m1/s1. The molecule has 4 aliphatic rings. The maximum Gasteiger partial charge on any atom is 0.418 e. The number of nitrogens with zero attached hydrogens (tertiary/aromatic N) is 4. The van der Waals surface area contributed by atoms with E-state index in [1.54, 1.807) is 10.8 Å². The van der Waals surface area contributed by atoms with Crippen LogP contribution < -0.4 is 16.5 Å². The van der Waals surface area contributed by atoms with Crippen LogP contribution in [0.5, 0.6) is 0 Å². The Kier molecular flexibility index (Phi) is 7.80. The fourth-order valence-corrected chi connectivity index (χ4v) is 7.86. The summed E-state index contributed by atoms with van der Waals surface area (Å²) in [4.78, 5) is 18.1. The van der Waals surface area contributed by atoms with Crippen molar-refractivity contribution < 1.29 is 18.3 Å². The number of alkyl halides is 3. The van der Waals surface area contributed by atoms with Crippen molar-refractivity contribution in [2.45, 2.75) is 89.3 Å². The molecule has 2 aliphatic carbocycles. The Morgan fingerprint density at radius 2 is 1.85 bits per heavy atom. The van der Waals surface area contributed by atoms with Gasteiger partial charge in [-0.15, -0.1) is 0 Å². The van der Waals surface area contributed by atoms with Gasteiger partial charge in [0.05, 0.1) is 30.0 Å². The summed E-state index contributed by atoms with van der Waals surface area (Å²) in [5.74, 6) is 1.56. The number of hydrogen-bond acceptors (Lipinski definition) is 6. The first-order valence-corrected chi connectivity index (χ1v) is 15.0. The van der Waals surface area contributed by atoms with Crippen LogP contribution in [0.3, 0.4) is 0 Å². The molecule has 2 aromatic rings. The Labute approximate surface area is 233 Å². The molecule has 6 atom stereocenters. The lowest BCUT2D eigenvalue weighted by molar-refractivity contribution is -0.136. The average molecular weight is 565 g/mol. The molecule has 8 nitrogen and oxygen atoms in total. The van der Waals surface area contributed by atoms with Crippen LogP contribution in [0.1, 0.15) is 75.5 Å². The highest BCUT2D eigenvalue weighted by Gasteiger charge is 2.44. The summed E-state index contributed by atoms with van der Waals surface area (Å²) in [6.45, 7) is 4.29. The van der Waals surface area contributed by atoms with Gasteiger partial charge in [0, 0.05) is 38.1 Å². The summed E-state index contributed by atoms with van der Waals surface area (Å²) in [5, 5.41) is 10.1. The second-order valence-corrected chi connectivity index (χ2v) is 12.9. The number of aliphatic hydroxyl groups is 1. The lowest BCUT2D eigenvalue weighted by Gasteiger charge is -2.46. The van der Waals surface area contributed by atoms with Crippen LogP contribution in [0, 0.1) is 23.7 Å². The average Bonchev–Trinajstić information content (AvgIpc) is 3.45. The Morgan fingerprint density at radius 1 is 1.10 bits per heavy atom. The van der Waals surface area contributed by atoms with E-state index in [1.165, 1.54) is 35.9 Å². The zero-order valence-electron chi connectivity index (χ0n) is 23.5. The predicted octanol–water partition coefficient (Wildman–Crippen LogP) is 3.79. The zero-order chi connectivity index (χ0) is 28.2. The molecule has 40 heavy (non-hydrogen) atoms. The van der Waals surface area contributed by atoms with Gasteiger partial charge < -0.3 is 5.11 Å². The van der Waals surface area contributed by atoms with Crippen molar-refractivity contribution in [1.29, 1.82) is 0 Å². The van der Waals surface area contributed by atoms with Gasteiger partial charge in [0.25, 0.3) is 0 Å². The van der Waals surface area contributed by atoms with Crippen LogP contribution in [0.25, 0.3) is 5.52 Å². The van der Waals surface area contributed by atoms with Crippen molar-refractivity contribution >= 4 is 5.52 Å². The minimum absolute atomic E-state index is 0.0568. The van der Waals surface area contributed by atoms with Crippen LogP contribution in [0.2, 0.25) is 0 Å². The van der Waals surface area contributed by atoms with Crippen LogP contribution in [-0.2, 0) is 12.7 Å². The highest BCUT2D eigenvalue weighted by Crippen LogP contribution is 2.47. The summed E-state index contributed by atoms with van der Waals surface area (Å²) in [5.41, 5.74) is 6.00. The van der Waals surface area contributed by atoms with Gasteiger partial charge in [0.15, 0.2) is 0 Å². The molecule has 3 N–H and O–H groups in total. The van der Waals surface area contributed by atoms with Gasteiger partial charge in [-0.05, 0) is 68.0 Å². The van der Waals surface area contributed by atoms with Gasteiger partial charge in [0.2, 0.25) is 0 Å². The fourth-order valence-electron chi connectivity index (χ4n) is 7.86. The number of piperidine rings is 1. The molecule has 3 unspecified atom stereocenters. The van der Waals surface area contributed by atoms with E-state index in [9.17, 15) is 23.1 Å². The number of hydrazine groups is 1. The van der Waals surface area contributed by atoms with Gasteiger partial charge in [-0.3, -0.25) is 18.8 Å². The van der Waals surface area contributed by atoms with Crippen molar-refractivity contribution in [1.82, 2.24) is 29.6 Å². The summed E-state index contributed by atoms with van der Waals surface area (Å²) in [7, 11) is 2.12. The van der Waals surface area contributed by atoms with Gasteiger partial charge >= 0.3 is 11.9 Å². The number of nitrogens with one attached hydrogen (secondary N) is 2. The second kappa shape index (κ2) is 11.1. The Morgan fingerprint density at radius 3 is 2.50 bits per heavy atom. The highest BCUT2D eigenvalue weighted by atomic mass is 19.4. The third-order valence-electron chi connectivity index (χ3n) is 10.2. The van der Waals surface area contributed by atoms with E-state index in [1.807, 2.05) is 6.92 Å². The number of aromatic nitrogens is 2. The Balaban J connectivity index is 1.30. The lowest BCUT2D eigenvalue weighted by Crippen LogP contribution is -2.50. The van der Waals surface area contributed by atoms with E-state index in [0.29, 0.717) is 49.4 Å². The number of fused-ring (bicyclic) bond motifs is 1. The van der Waals surface area contributed by atoms with Crippen molar-refractivity contribution in [3.63, 3.8) is 0 Å². The summed E-state index contributed by atoms with van der Waals surface area (Å²) >= 11 is 0. The molecule has 11 heteroatoms. The van der Waals surface area contributed by atoms with Crippen molar-refractivity contribution in [2.75, 3.05) is 26.8 Å². The molecule has 0 aromatic carbocycles. The molecule has 2 aliphatic heterocycles. The first kappa shape index (κ1) is 28.2. The predicted molar refractivity (Wildman–Crippen MR) is 146 cm³/mol. The maximum atomic E-state index is 14.3. The van der Waals surface area contributed by atoms with Crippen LogP contribution in [0.15, 0.2) is 23.3 Å². The van der Waals surface area contributed by atoms with E-state index in [-0.39, 0.29) is 35.4 Å². The largest absolute Gasteiger partial charge is 0.418 e. The van der Waals surface area contributed by atoms with Crippen LogP contribution in [-0.4, -0.2) is 62.9 Å². The molecule has 0 amide bonds. The second-order valence-electron chi connectivity index (χ2n) is 12.9. The molecule has 0 radical (unpaired) electrons. The lowest BCUT2D eigenvalue weighted by atomic mass is 9.65. The zero-order valence-corrected chi connectivity index (χ0v) is 23.5. The Hall–Kier alpha value is -1.92. The number of hydrogen-bond donors (Lipinski definition) is 3. The number of likely N-dealkylation sites (tertiary alicyclic amines) is 1. The molecule has 6 rings (SSSR count). The third-order valence-corrected chi connectivity index (χ3v) is 10.2. The minimum atomic E-state index is -4.57. The molecule has 2 aromatic heterocycles. The molecule has 0 spiro atoms. The molecule has 4 fully saturated rings. The van der Waals surface area contributed by atoms with Crippen molar-refractivity contribution in [3.05, 3.63) is 40.1 Å². The van der Waals surface area contributed by atoms with Gasteiger partial charge in [0.1, 0.15) is 0 Å². The fraction of sp³-hybridized carbons (Fsp3) is 0.759. The first-order chi connectivity index (χ1) is 19.1. The smallest absolute Gasteiger partial charge is 0.393 e. The quantitative estimate of drug-likeness (QED) is 0.496. The minimum Gasteiger partial charge on any atom is -0.393 e. The molecule has 4 heterocycles. The molecule has 0 bridgehead atoms. The van der Waals surface area contributed by atoms with Gasteiger partial charge in [-0.25, -0.2) is 15.6 Å². The number of imidazole rings is 1. The topological polar surface area (TPSA) is 77.2 Å². The van der Waals surface area contributed by atoms with Gasteiger partial charge in [-0.2, -0.15) is 13.2 Å². The van der Waals surface area contributed by atoms with E-state index < -0.39 is 11.7 Å². The number of halogens is 3. The van der Waals surface area contributed by atoms with Gasteiger partial charge in [-0.1, -0.05) is 32.6 Å². The molecule has 2 saturated carbocycles. The number of pyridine rings is 1. The highest BCUT2D eigenvalue weighted by molar-refractivity contribution is 5.56. The number of aliphatic hydroxyl groups excluding tert-OH is 1. The monoisotopic (exact) mass is 564 g/mol. The maximum absolute atomic E-state index is 14.3. The third kappa shape index (κ3) is 5.35. The van der Waals surface area contributed by atoms with Crippen LogP contribution >= 0.6 is 0 Å². The molecular weight excluding hydrogens is 521 g/mol. The molecule has 2 saturated heterocycles. The Bertz CT molecular complexity index is 1260. The normalized spacial score (nSPS) is 32.0. The van der Waals surface area contributed by atoms with Crippen molar-refractivity contribution in [2.24, 2.45) is 23.7 Å². The first-order valence-electron chi connectivity index (χ1n) is 15.0. The molecular formula is C29H43F3N6O2. The summed E-state index contributed by atoms with van der Waals surface area (Å²) in [6.07, 6.45) is 6.31. The van der Waals surface area contributed by atoms with Crippen LogP contribution in [0.4, 0.5) is 13.2 Å². The van der Waals surface area contributed by atoms with E-state index in [0.717, 1.165) is 32.4 Å². The van der Waals surface area contributed by atoms with Crippen molar-refractivity contribution in [3.8, 4) is 0 Å². The van der Waals surface area contributed by atoms with E-state index >= 15 is 0 Å². The SMILES string of the molecule is C[C@@H]1CN(Cc2cc(C(F)(F)F)c3cn(C4CCCC([C@@H](C5CCC5)C5NNCN5C)C4)c(=O)n3c2)CC[C@H]1O.